The number of hydrogen-bond acceptors (Lipinski definition) is 3. The Morgan fingerprint density at radius 2 is 2.30 bits per heavy atom. The van der Waals surface area contributed by atoms with Crippen molar-refractivity contribution >= 4 is 30.1 Å². The third-order valence-corrected chi connectivity index (χ3v) is 3.80. The molecule has 0 N–H and O–H groups in total. The Kier molecular flexibility index (Phi) is 4.94. The Morgan fingerprint density at radius 3 is 3.05 bits per heavy atom. The smallest absolute Gasteiger partial charge is 0.0346 e. The minimum absolute atomic E-state index is 0.802. The van der Waals surface area contributed by atoms with Crippen molar-refractivity contribution in [2.24, 2.45) is 4.99 Å². The number of nitrogens with zero attached hydrogens (tertiary/aromatic N) is 2. The van der Waals surface area contributed by atoms with Crippen molar-refractivity contribution in [3.8, 4) is 0 Å². The second-order valence-corrected chi connectivity index (χ2v) is 5.42. The molecule has 2 heterocycles. The predicted octanol–water partition coefficient (Wildman–Crippen LogP) is 2.59. The van der Waals surface area contributed by atoms with Crippen LogP contribution < -0.4 is 10.4 Å². The lowest BCUT2D eigenvalue weighted by Gasteiger charge is -2.05. The van der Waals surface area contributed by atoms with Gasteiger partial charge >= 0.3 is 0 Å². The van der Waals surface area contributed by atoms with Gasteiger partial charge in [0.1, 0.15) is 0 Å². The monoisotopic (exact) mass is 280 g/mol. The standard InChI is InChI=1S/C17H16N2S/c1-4-5-17-15(11-18-3)7-6-14-8-9-19-12-16(14)10-13(2)20-17/h5-6,8-12H,1-2,7H2,3H3/b14-6-,16-10-,17-15+,18-11-. The maximum atomic E-state index is 4.17. The molecule has 0 aliphatic carbocycles. The van der Waals surface area contributed by atoms with Gasteiger partial charge in [-0.1, -0.05) is 31.0 Å². The minimum atomic E-state index is 0.802. The maximum absolute atomic E-state index is 4.17. The fraction of sp³-hybridized carbons (Fsp3) is 0.118. The normalized spacial score (nSPS) is 22.4. The van der Waals surface area contributed by atoms with Crippen LogP contribution in [0.5, 0.6) is 0 Å². The van der Waals surface area contributed by atoms with Crippen LogP contribution in [0, 0.1) is 0 Å². The first-order valence-corrected chi connectivity index (χ1v) is 7.06. The highest BCUT2D eigenvalue weighted by atomic mass is 32.2. The Labute approximate surface area is 123 Å². The molecule has 0 amide bonds. The number of hydrogen-bond donors (Lipinski definition) is 0. The van der Waals surface area contributed by atoms with Gasteiger partial charge in [0.15, 0.2) is 0 Å². The van der Waals surface area contributed by atoms with Gasteiger partial charge in [-0.15, -0.1) is 5.73 Å². The topological polar surface area (TPSA) is 25.2 Å². The molecule has 0 saturated heterocycles. The van der Waals surface area contributed by atoms with Crippen LogP contribution >= 0.6 is 11.8 Å². The molecule has 0 fully saturated rings. The molecule has 1 aliphatic rings. The molecule has 1 aliphatic heterocycles. The third-order valence-electron chi connectivity index (χ3n) is 2.82. The fourth-order valence-electron chi connectivity index (χ4n) is 1.94. The van der Waals surface area contributed by atoms with Crippen LogP contribution in [-0.4, -0.2) is 18.2 Å². The second-order valence-electron chi connectivity index (χ2n) is 4.25. The molecule has 0 atom stereocenters. The van der Waals surface area contributed by atoms with Crippen molar-refractivity contribution in [1.29, 1.82) is 0 Å². The predicted molar refractivity (Wildman–Crippen MR) is 88.9 cm³/mol. The summed E-state index contributed by atoms with van der Waals surface area (Å²) in [6.45, 7) is 7.76. The highest BCUT2D eigenvalue weighted by Gasteiger charge is 2.06. The summed E-state index contributed by atoms with van der Waals surface area (Å²) in [5, 5.41) is 2.24. The molecule has 3 heteroatoms. The number of thioether (sulfide) groups is 1. The molecule has 100 valence electrons. The lowest BCUT2D eigenvalue weighted by Crippen LogP contribution is -2.24. The number of aromatic nitrogens is 1. The summed E-state index contributed by atoms with van der Waals surface area (Å²) >= 11 is 1.60. The molecule has 2 rings (SSSR count). The van der Waals surface area contributed by atoms with E-state index in [9.17, 15) is 0 Å². The van der Waals surface area contributed by atoms with Crippen molar-refractivity contribution in [2.75, 3.05) is 7.05 Å². The van der Waals surface area contributed by atoms with Gasteiger partial charge in [0.25, 0.3) is 0 Å². The molecule has 1 aromatic heterocycles. The van der Waals surface area contributed by atoms with Crippen LogP contribution in [-0.2, 0) is 0 Å². The van der Waals surface area contributed by atoms with E-state index < -0.39 is 0 Å². The highest BCUT2D eigenvalue weighted by Crippen LogP contribution is 2.29. The van der Waals surface area contributed by atoms with E-state index in [2.05, 4.69) is 34.9 Å². The minimum Gasteiger partial charge on any atom is -0.296 e. The van der Waals surface area contributed by atoms with Crippen LogP contribution in [0.2, 0.25) is 0 Å². The SMILES string of the molecule is C=C=C/C1=C(\C=N/C)C/C=c2/ccnc/c2=C/C(=C)S1. The van der Waals surface area contributed by atoms with E-state index in [0.29, 0.717) is 0 Å². The lowest BCUT2D eigenvalue weighted by molar-refractivity contribution is 1.26. The lowest BCUT2D eigenvalue weighted by atomic mass is 10.1. The molecular weight excluding hydrogens is 264 g/mol. The zero-order valence-corrected chi connectivity index (χ0v) is 12.3. The molecule has 0 bridgehead atoms. The van der Waals surface area contributed by atoms with Gasteiger partial charge in [0, 0.05) is 40.7 Å². The van der Waals surface area contributed by atoms with Gasteiger partial charge in [-0.3, -0.25) is 9.98 Å². The summed E-state index contributed by atoms with van der Waals surface area (Å²) in [5.74, 6) is 0. The van der Waals surface area contributed by atoms with Gasteiger partial charge in [-0.05, 0) is 35.4 Å². The van der Waals surface area contributed by atoms with Gasteiger partial charge in [0.05, 0.1) is 0 Å². The van der Waals surface area contributed by atoms with Crippen molar-refractivity contribution in [3.05, 3.63) is 69.2 Å². The molecule has 0 unspecified atom stereocenters. The summed E-state index contributed by atoms with van der Waals surface area (Å²) in [4.78, 5) is 10.3. The number of allylic oxidation sites excluding steroid dienone is 3. The second kappa shape index (κ2) is 6.90. The van der Waals surface area contributed by atoms with Crippen LogP contribution in [0.4, 0.5) is 0 Å². The van der Waals surface area contributed by atoms with Gasteiger partial charge in [-0.2, -0.15) is 0 Å². The third kappa shape index (κ3) is 3.47. The number of pyridine rings is 1. The summed E-state index contributed by atoms with van der Waals surface area (Å²) in [6, 6.07) is 2.01. The summed E-state index contributed by atoms with van der Waals surface area (Å²) in [7, 11) is 1.78. The van der Waals surface area contributed by atoms with E-state index >= 15 is 0 Å². The van der Waals surface area contributed by atoms with Crippen molar-refractivity contribution in [3.63, 3.8) is 0 Å². The number of fused-ring (bicyclic) bond motifs is 1. The van der Waals surface area contributed by atoms with Crippen LogP contribution in [0.15, 0.2) is 63.8 Å². The zero-order valence-electron chi connectivity index (χ0n) is 11.5. The summed E-state index contributed by atoms with van der Waals surface area (Å²) in [5.41, 5.74) is 3.97. The molecule has 0 spiro atoms. The molecular formula is C17H16N2S. The average molecular weight is 280 g/mol. The first-order valence-electron chi connectivity index (χ1n) is 6.24. The Balaban J connectivity index is 2.64. The average Bonchev–Trinajstić information content (AvgIpc) is 2.49. The van der Waals surface area contributed by atoms with E-state index in [1.54, 1.807) is 25.0 Å². The van der Waals surface area contributed by atoms with Gasteiger partial charge < -0.3 is 0 Å². The molecule has 0 aromatic carbocycles. The maximum Gasteiger partial charge on any atom is 0.0346 e. The molecule has 1 aromatic rings. The molecule has 0 saturated carbocycles. The quantitative estimate of drug-likeness (QED) is 0.614. The largest absolute Gasteiger partial charge is 0.296 e. The zero-order chi connectivity index (χ0) is 14.4. The first kappa shape index (κ1) is 14.3. The summed E-state index contributed by atoms with van der Waals surface area (Å²) in [6.07, 6.45) is 12.5. The Morgan fingerprint density at radius 1 is 1.45 bits per heavy atom. The van der Waals surface area contributed by atoms with Crippen molar-refractivity contribution in [1.82, 2.24) is 4.98 Å². The Hall–Kier alpha value is -2.09. The number of aliphatic imine (C=N–C) groups is 1. The number of rotatable bonds is 2. The van der Waals surface area contributed by atoms with E-state index in [4.69, 9.17) is 0 Å². The van der Waals surface area contributed by atoms with Crippen LogP contribution in [0.25, 0.3) is 12.2 Å². The van der Waals surface area contributed by atoms with E-state index in [1.165, 1.54) is 0 Å². The van der Waals surface area contributed by atoms with Gasteiger partial charge in [-0.25, -0.2) is 0 Å². The first-order chi connectivity index (χ1) is 9.74. The summed E-state index contributed by atoms with van der Waals surface area (Å²) < 4.78 is 0. The molecule has 2 nitrogen and oxygen atoms in total. The van der Waals surface area contributed by atoms with Crippen LogP contribution in [0.3, 0.4) is 0 Å². The van der Waals surface area contributed by atoms with E-state index in [-0.39, 0.29) is 0 Å². The fourth-order valence-corrected chi connectivity index (χ4v) is 2.82. The van der Waals surface area contributed by atoms with Crippen molar-refractivity contribution in [2.45, 2.75) is 6.42 Å². The Bertz CT molecular complexity index is 747. The molecule has 0 radical (unpaired) electrons. The van der Waals surface area contributed by atoms with E-state index in [1.807, 2.05) is 30.6 Å². The van der Waals surface area contributed by atoms with Gasteiger partial charge in [0.2, 0.25) is 0 Å². The molecule has 20 heavy (non-hydrogen) atoms. The van der Waals surface area contributed by atoms with Crippen molar-refractivity contribution < 1.29 is 0 Å². The highest BCUT2D eigenvalue weighted by molar-refractivity contribution is 8.07. The van der Waals surface area contributed by atoms with Crippen LogP contribution in [0.1, 0.15) is 6.42 Å². The van der Waals surface area contributed by atoms with E-state index in [0.717, 1.165) is 32.2 Å².